The first-order chi connectivity index (χ1) is 9.27. The highest BCUT2D eigenvalue weighted by Crippen LogP contribution is 2.31. The molecular formula is C13H17F2NO3S. The third kappa shape index (κ3) is 2.57. The van der Waals surface area contributed by atoms with Crippen LogP contribution >= 0.6 is 0 Å². The fourth-order valence-electron chi connectivity index (χ4n) is 2.62. The van der Waals surface area contributed by atoms with Crippen molar-refractivity contribution in [1.29, 1.82) is 0 Å². The molecule has 0 aromatic heterocycles. The second-order valence-corrected chi connectivity index (χ2v) is 7.17. The number of hydrogen-bond acceptors (Lipinski definition) is 3. The molecule has 7 heteroatoms. The third-order valence-electron chi connectivity index (χ3n) is 3.55. The van der Waals surface area contributed by atoms with Crippen LogP contribution in [0.5, 0.6) is 0 Å². The van der Waals surface area contributed by atoms with Gasteiger partial charge >= 0.3 is 0 Å². The molecule has 1 fully saturated rings. The summed E-state index contributed by atoms with van der Waals surface area (Å²) in [6.07, 6.45) is 0.684. The van der Waals surface area contributed by atoms with Gasteiger partial charge in [-0.15, -0.1) is 0 Å². The number of halogens is 2. The van der Waals surface area contributed by atoms with E-state index >= 15 is 0 Å². The summed E-state index contributed by atoms with van der Waals surface area (Å²) < 4.78 is 53.4. The molecule has 1 aliphatic heterocycles. The maximum Gasteiger partial charge on any atom is 0.246 e. The van der Waals surface area contributed by atoms with Gasteiger partial charge in [0.05, 0.1) is 6.61 Å². The van der Waals surface area contributed by atoms with Crippen molar-refractivity contribution in [2.24, 2.45) is 5.92 Å². The number of rotatable bonds is 3. The lowest BCUT2D eigenvalue weighted by Crippen LogP contribution is -2.34. The summed E-state index contributed by atoms with van der Waals surface area (Å²) >= 11 is 0. The number of nitrogens with zero attached hydrogens (tertiary/aromatic N) is 1. The van der Waals surface area contributed by atoms with E-state index in [1.165, 1.54) is 4.31 Å². The van der Waals surface area contributed by atoms with Crippen molar-refractivity contribution in [3.8, 4) is 0 Å². The first-order valence-corrected chi connectivity index (χ1v) is 7.82. The minimum atomic E-state index is -4.10. The van der Waals surface area contributed by atoms with Gasteiger partial charge in [-0.3, -0.25) is 0 Å². The van der Waals surface area contributed by atoms with Gasteiger partial charge in [0.25, 0.3) is 0 Å². The van der Waals surface area contributed by atoms with Crippen molar-refractivity contribution in [3.05, 3.63) is 29.3 Å². The van der Waals surface area contributed by atoms with Crippen LogP contribution in [0.25, 0.3) is 0 Å². The molecule has 1 aliphatic rings. The molecule has 1 aromatic carbocycles. The van der Waals surface area contributed by atoms with E-state index in [-0.39, 0.29) is 24.1 Å². The van der Waals surface area contributed by atoms with Gasteiger partial charge in [-0.2, -0.15) is 4.31 Å². The molecule has 2 atom stereocenters. The standard InChI is InChI=1S/C13H17F2NO3S/c1-8-3-9(2)16(6-8)20(18,19)12-5-10(7-17)4-11(14)13(12)15/h4-5,8-9,17H,3,6-7H2,1-2H3. The largest absolute Gasteiger partial charge is 0.392 e. The van der Waals surface area contributed by atoms with E-state index in [0.717, 1.165) is 12.1 Å². The van der Waals surface area contributed by atoms with Gasteiger partial charge in [0.15, 0.2) is 11.6 Å². The molecule has 0 bridgehead atoms. The van der Waals surface area contributed by atoms with Gasteiger partial charge in [0, 0.05) is 12.6 Å². The van der Waals surface area contributed by atoms with E-state index in [2.05, 4.69) is 0 Å². The van der Waals surface area contributed by atoms with Crippen LogP contribution in [-0.2, 0) is 16.6 Å². The van der Waals surface area contributed by atoms with Crippen LogP contribution in [0, 0.1) is 17.6 Å². The topological polar surface area (TPSA) is 57.6 Å². The summed E-state index contributed by atoms with van der Waals surface area (Å²) in [7, 11) is -4.10. The van der Waals surface area contributed by atoms with Crippen LogP contribution in [0.1, 0.15) is 25.8 Å². The Hall–Kier alpha value is -1.05. The number of aliphatic hydroxyl groups is 1. The Morgan fingerprint density at radius 1 is 1.35 bits per heavy atom. The Morgan fingerprint density at radius 2 is 2.00 bits per heavy atom. The molecule has 0 aliphatic carbocycles. The Bertz CT molecular complexity index is 618. The Morgan fingerprint density at radius 3 is 2.50 bits per heavy atom. The minimum absolute atomic E-state index is 0.0300. The van der Waals surface area contributed by atoms with E-state index < -0.39 is 33.2 Å². The van der Waals surface area contributed by atoms with Crippen LogP contribution in [0.4, 0.5) is 8.78 Å². The van der Waals surface area contributed by atoms with E-state index in [1.807, 2.05) is 6.92 Å². The lowest BCUT2D eigenvalue weighted by Gasteiger charge is -2.21. The predicted octanol–water partition coefficient (Wildman–Crippen LogP) is 1.88. The molecule has 1 N–H and O–H groups in total. The Kier molecular flexibility index (Phi) is 4.13. The Balaban J connectivity index is 2.52. The van der Waals surface area contributed by atoms with Crippen LogP contribution in [0.15, 0.2) is 17.0 Å². The summed E-state index contributed by atoms with van der Waals surface area (Å²) in [6, 6.07) is 1.53. The van der Waals surface area contributed by atoms with Crippen molar-refractivity contribution in [1.82, 2.24) is 4.31 Å². The molecule has 2 rings (SSSR count). The smallest absolute Gasteiger partial charge is 0.246 e. The molecule has 1 aromatic rings. The fourth-order valence-corrected chi connectivity index (χ4v) is 4.51. The van der Waals surface area contributed by atoms with Gasteiger partial charge in [-0.1, -0.05) is 6.92 Å². The van der Waals surface area contributed by atoms with Crippen molar-refractivity contribution in [3.63, 3.8) is 0 Å². The quantitative estimate of drug-likeness (QED) is 0.927. The molecule has 20 heavy (non-hydrogen) atoms. The van der Waals surface area contributed by atoms with Crippen molar-refractivity contribution in [2.75, 3.05) is 6.54 Å². The maximum absolute atomic E-state index is 13.8. The summed E-state index contributed by atoms with van der Waals surface area (Å²) in [5.41, 5.74) is 0.0300. The molecule has 1 saturated heterocycles. The fraction of sp³-hybridized carbons (Fsp3) is 0.538. The lowest BCUT2D eigenvalue weighted by atomic mass is 10.1. The number of hydrogen-bond donors (Lipinski definition) is 1. The van der Waals surface area contributed by atoms with E-state index in [9.17, 15) is 17.2 Å². The highest BCUT2D eigenvalue weighted by Gasteiger charge is 2.38. The average Bonchev–Trinajstić information content (AvgIpc) is 2.72. The van der Waals surface area contributed by atoms with Gasteiger partial charge in [0.1, 0.15) is 4.90 Å². The molecule has 0 radical (unpaired) electrons. The molecule has 0 spiro atoms. The molecule has 0 amide bonds. The normalized spacial score (nSPS) is 24.2. The lowest BCUT2D eigenvalue weighted by molar-refractivity contribution is 0.280. The van der Waals surface area contributed by atoms with Gasteiger partial charge in [0.2, 0.25) is 10.0 Å². The van der Waals surface area contributed by atoms with Crippen LogP contribution in [-0.4, -0.2) is 30.4 Å². The maximum atomic E-state index is 13.8. The summed E-state index contributed by atoms with van der Waals surface area (Å²) in [6.45, 7) is 3.39. The second-order valence-electron chi connectivity index (χ2n) is 5.31. The number of sulfonamides is 1. The molecular weight excluding hydrogens is 288 g/mol. The zero-order valence-electron chi connectivity index (χ0n) is 11.3. The molecule has 1 heterocycles. The van der Waals surface area contributed by atoms with Gasteiger partial charge in [-0.05, 0) is 37.0 Å². The number of benzene rings is 1. The SMILES string of the molecule is CC1CC(C)N(S(=O)(=O)c2cc(CO)cc(F)c2F)C1. The van der Waals surface area contributed by atoms with Crippen molar-refractivity contribution < 1.29 is 22.3 Å². The highest BCUT2D eigenvalue weighted by atomic mass is 32.2. The first-order valence-electron chi connectivity index (χ1n) is 6.38. The summed E-state index contributed by atoms with van der Waals surface area (Å²) in [4.78, 5) is -0.706. The van der Waals surface area contributed by atoms with Crippen molar-refractivity contribution in [2.45, 2.75) is 37.8 Å². The van der Waals surface area contributed by atoms with Crippen LogP contribution in [0.2, 0.25) is 0 Å². The molecule has 2 unspecified atom stereocenters. The predicted molar refractivity (Wildman–Crippen MR) is 69.4 cm³/mol. The zero-order chi connectivity index (χ0) is 15.1. The zero-order valence-corrected chi connectivity index (χ0v) is 12.1. The molecule has 0 saturated carbocycles. The highest BCUT2D eigenvalue weighted by molar-refractivity contribution is 7.89. The Labute approximate surface area is 117 Å². The third-order valence-corrected chi connectivity index (χ3v) is 5.53. The van der Waals surface area contributed by atoms with E-state index in [0.29, 0.717) is 6.42 Å². The van der Waals surface area contributed by atoms with Crippen LogP contribution < -0.4 is 0 Å². The summed E-state index contributed by atoms with van der Waals surface area (Å²) in [5.74, 6) is -2.49. The van der Waals surface area contributed by atoms with Gasteiger partial charge in [-0.25, -0.2) is 17.2 Å². The van der Waals surface area contributed by atoms with Crippen molar-refractivity contribution >= 4 is 10.0 Å². The van der Waals surface area contributed by atoms with Gasteiger partial charge < -0.3 is 5.11 Å². The molecule has 4 nitrogen and oxygen atoms in total. The average molecular weight is 305 g/mol. The van der Waals surface area contributed by atoms with Crippen LogP contribution in [0.3, 0.4) is 0 Å². The van der Waals surface area contributed by atoms with E-state index in [1.54, 1.807) is 6.92 Å². The van der Waals surface area contributed by atoms with E-state index in [4.69, 9.17) is 5.11 Å². The monoisotopic (exact) mass is 305 g/mol. The second kappa shape index (κ2) is 5.38. The first kappa shape index (κ1) is 15.3. The minimum Gasteiger partial charge on any atom is -0.392 e. The molecule has 112 valence electrons. The number of aliphatic hydroxyl groups excluding tert-OH is 1. The summed E-state index contributed by atoms with van der Waals surface area (Å²) in [5, 5.41) is 9.00.